The summed E-state index contributed by atoms with van der Waals surface area (Å²) in [7, 11) is 3.18. The van der Waals surface area contributed by atoms with Gasteiger partial charge in [0.2, 0.25) is 0 Å². The van der Waals surface area contributed by atoms with E-state index in [-0.39, 0.29) is 23.2 Å². The summed E-state index contributed by atoms with van der Waals surface area (Å²) >= 11 is 0. The van der Waals surface area contributed by atoms with Gasteiger partial charge in [-0.05, 0) is 47.6 Å². The molecule has 1 aromatic carbocycles. The predicted molar refractivity (Wildman–Crippen MR) is 141 cm³/mol. The lowest BCUT2D eigenvalue weighted by Crippen LogP contribution is -2.52. The Morgan fingerprint density at radius 1 is 1.19 bits per heavy atom. The molecule has 1 aliphatic heterocycles. The average Bonchev–Trinajstić information content (AvgIpc) is 3.09. The van der Waals surface area contributed by atoms with Gasteiger partial charge in [0.25, 0.3) is 5.91 Å². The van der Waals surface area contributed by atoms with Crippen LogP contribution in [0.2, 0.25) is 0 Å². The minimum atomic E-state index is -1.42. The van der Waals surface area contributed by atoms with Crippen molar-refractivity contribution >= 4 is 12.1 Å². The molecule has 2 aromatic rings. The van der Waals surface area contributed by atoms with Gasteiger partial charge in [-0.2, -0.15) is 0 Å². The molecule has 1 saturated heterocycles. The Labute approximate surface area is 219 Å². The first-order valence-electron chi connectivity index (χ1n) is 12.7. The number of methoxy groups -OCH3 is 2. The van der Waals surface area contributed by atoms with Gasteiger partial charge in [-0.15, -0.1) is 0 Å². The van der Waals surface area contributed by atoms with E-state index in [9.17, 15) is 14.7 Å². The number of carbonyl (C=O) groups is 2. The smallest absolute Gasteiger partial charge is 0.496 e. The number of carboxylic acid groups (broad SMARTS) is 1. The van der Waals surface area contributed by atoms with Gasteiger partial charge in [0, 0.05) is 37.6 Å². The van der Waals surface area contributed by atoms with Gasteiger partial charge in [0.15, 0.2) is 5.72 Å². The lowest BCUT2D eigenvalue weighted by Gasteiger charge is -2.40. The van der Waals surface area contributed by atoms with Crippen LogP contribution in [-0.4, -0.2) is 53.6 Å². The number of carbonyl (C=O) groups excluding carboxylic acids is 1. The van der Waals surface area contributed by atoms with Crippen molar-refractivity contribution in [3.8, 4) is 5.75 Å². The van der Waals surface area contributed by atoms with E-state index < -0.39 is 17.9 Å². The fraction of sp³-hybridized carbons (Fsp3) is 0.552. The molecule has 0 aliphatic carbocycles. The first-order chi connectivity index (χ1) is 17.3. The lowest BCUT2D eigenvalue weighted by atomic mass is 9.85. The van der Waals surface area contributed by atoms with Crippen molar-refractivity contribution in [2.24, 2.45) is 11.8 Å². The van der Waals surface area contributed by atoms with Crippen molar-refractivity contribution < 1.29 is 28.9 Å². The highest BCUT2D eigenvalue weighted by molar-refractivity contribution is 5.96. The number of likely N-dealkylation sites (tertiary alicyclic amines) is 1. The first kappa shape index (κ1) is 28.4. The van der Waals surface area contributed by atoms with E-state index >= 15 is 0 Å². The number of amides is 1. The van der Waals surface area contributed by atoms with Crippen LogP contribution in [0.15, 0.2) is 36.5 Å². The molecule has 8 heteroatoms. The SMILES string of the molecule is COC[C@H]1C[C@](CC(C)C)(OC(=O)O)N(C(=O)c2ccc(C(C)(C)C)c(OC)c2)[C@H]1c1ccc(C)cn1. The molecule has 8 nitrogen and oxygen atoms in total. The molecule has 3 atom stereocenters. The number of aromatic nitrogens is 1. The van der Waals surface area contributed by atoms with Gasteiger partial charge in [-0.3, -0.25) is 14.7 Å². The monoisotopic (exact) mass is 512 g/mol. The summed E-state index contributed by atoms with van der Waals surface area (Å²) in [5, 5.41) is 9.81. The van der Waals surface area contributed by atoms with Crippen LogP contribution in [0.3, 0.4) is 0 Å². The van der Waals surface area contributed by atoms with Crippen LogP contribution < -0.4 is 4.74 Å². The van der Waals surface area contributed by atoms with E-state index in [2.05, 4.69) is 25.8 Å². The second-order valence-electron chi connectivity index (χ2n) is 11.4. The van der Waals surface area contributed by atoms with Crippen LogP contribution in [0.4, 0.5) is 4.79 Å². The molecule has 0 saturated carbocycles. The van der Waals surface area contributed by atoms with E-state index in [1.165, 1.54) is 0 Å². The Kier molecular flexibility index (Phi) is 8.52. The highest BCUT2D eigenvalue weighted by atomic mass is 16.7. The largest absolute Gasteiger partial charge is 0.507 e. The standard InChI is InChI=1S/C29H40N2O6/c1-18(2)14-29(37-27(33)34)15-21(17-35-7)25(23-12-9-19(3)16-30-23)31(29)26(32)20-10-11-22(28(4,5)6)24(13-20)36-8/h9-13,16,18,21,25H,14-15,17H2,1-8H3,(H,33,34)/t21-,25-,29+/m1/s1. The maximum Gasteiger partial charge on any atom is 0.507 e. The zero-order chi connectivity index (χ0) is 27.5. The molecular weight excluding hydrogens is 472 g/mol. The fourth-order valence-corrected chi connectivity index (χ4v) is 5.49. The number of benzene rings is 1. The van der Waals surface area contributed by atoms with Gasteiger partial charge in [0.05, 0.1) is 25.5 Å². The Bertz CT molecular complexity index is 1110. The van der Waals surface area contributed by atoms with Crippen LogP contribution in [0.5, 0.6) is 5.75 Å². The average molecular weight is 513 g/mol. The Balaban J connectivity index is 2.23. The Morgan fingerprint density at radius 2 is 1.89 bits per heavy atom. The van der Waals surface area contributed by atoms with Crippen LogP contribution in [0.1, 0.15) is 80.7 Å². The quantitative estimate of drug-likeness (QED) is 0.434. The van der Waals surface area contributed by atoms with Crippen molar-refractivity contribution in [3.63, 3.8) is 0 Å². The molecule has 1 N–H and O–H groups in total. The topological polar surface area (TPSA) is 98.2 Å². The summed E-state index contributed by atoms with van der Waals surface area (Å²) in [5.41, 5.74) is 1.44. The highest BCUT2D eigenvalue weighted by Crippen LogP contribution is 2.51. The maximum absolute atomic E-state index is 14.4. The summed E-state index contributed by atoms with van der Waals surface area (Å²) in [4.78, 5) is 32.6. The second kappa shape index (κ2) is 11.1. The van der Waals surface area contributed by atoms with E-state index in [4.69, 9.17) is 14.2 Å². The van der Waals surface area contributed by atoms with Gasteiger partial charge in [-0.25, -0.2) is 4.79 Å². The zero-order valence-corrected chi connectivity index (χ0v) is 23.2. The molecule has 0 unspecified atom stereocenters. The van der Waals surface area contributed by atoms with Crippen molar-refractivity contribution in [3.05, 3.63) is 58.9 Å². The van der Waals surface area contributed by atoms with Crippen molar-refractivity contribution in [2.75, 3.05) is 20.8 Å². The summed E-state index contributed by atoms with van der Waals surface area (Å²) in [5.74, 6) is 0.0922. The minimum Gasteiger partial charge on any atom is -0.496 e. The van der Waals surface area contributed by atoms with Crippen molar-refractivity contribution in [1.82, 2.24) is 9.88 Å². The minimum absolute atomic E-state index is 0.0559. The molecule has 3 rings (SSSR count). The van der Waals surface area contributed by atoms with Crippen LogP contribution in [0.25, 0.3) is 0 Å². The van der Waals surface area contributed by atoms with Gasteiger partial charge < -0.3 is 19.3 Å². The summed E-state index contributed by atoms with van der Waals surface area (Å²) in [6.45, 7) is 12.5. The van der Waals surface area contributed by atoms with Gasteiger partial charge >= 0.3 is 6.16 Å². The molecule has 0 spiro atoms. The zero-order valence-electron chi connectivity index (χ0n) is 23.2. The highest BCUT2D eigenvalue weighted by Gasteiger charge is 2.57. The number of ether oxygens (including phenoxy) is 3. The molecule has 2 heterocycles. The normalized spacial score (nSPS) is 21.8. The molecule has 1 aliphatic rings. The number of pyridine rings is 1. The number of nitrogens with zero attached hydrogens (tertiary/aromatic N) is 2. The lowest BCUT2D eigenvalue weighted by molar-refractivity contribution is -0.108. The third-order valence-electron chi connectivity index (χ3n) is 6.84. The number of hydrogen-bond donors (Lipinski definition) is 1. The summed E-state index contributed by atoms with van der Waals surface area (Å²) in [6, 6.07) is 8.69. The van der Waals surface area contributed by atoms with E-state index in [1.807, 2.05) is 39.0 Å². The van der Waals surface area contributed by atoms with Gasteiger partial charge in [-0.1, -0.05) is 46.8 Å². The third kappa shape index (κ3) is 6.06. The molecule has 1 fully saturated rings. The molecule has 37 heavy (non-hydrogen) atoms. The van der Waals surface area contributed by atoms with E-state index in [1.54, 1.807) is 37.4 Å². The van der Waals surface area contributed by atoms with Crippen LogP contribution in [0, 0.1) is 18.8 Å². The molecule has 1 amide bonds. The Morgan fingerprint density at radius 3 is 2.41 bits per heavy atom. The van der Waals surface area contributed by atoms with Crippen molar-refractivity contribution in [1.29, 1.82) is 0 Å². The molecular formula is C29H40N2O6. The van der Waals surface area contributed by atoms with Crippen LogP contribution in [-0.2, 0) is 14.9 Å². The van der Waals surface area contributed by atoms with E-state index in [0.717, 1.165) is 11.1 Å². The number of rotatable bonds is 8. The molecule has 202 valence electrons. The van der Waals surface area contributed by atoms with E-state index in [0.29, 0.717) is 36.5 Å². The number of hydrogen-bond acceptors (Lipinski definition) is 6. The first-order valence-corrected chi connectivity index (χ1v) is 12.7. The van der Waals surface area contributed by atoms with Crippen LogP contribution >= 0.6 is 0 Å². The maximum atomic E-state index is 14.4. The Hall–Kier alpha value is -3.13. The molecule has 0 radical (unpaired) electrons. The number of aryl methyl sites for hydroxylation is 1. The molecule has 0 bridgehead atoms. The summed E-state index contributed by atoms with van der Waals surface area (Å²) < 4.78 is 16.9. The summed E-state index contributed by atoms with van der Waals surface area (Å²) in [6.07, 6.45) is 0.968. The fourth-order valence-electron chi connectivity index (χ4n) is 5.49. The third-order valence-corrected chi connectivity index (χ3v) is 6.84. The second-order valence-corrected chi connectivity index (χ2v) is 11.4. The van der Waals surface area contributed by atoms with Gasteiger partial charge in [0.1, 0.15) is 5.75 Å². The molecule has 1 aromatic heterocycles. The predicted octanol–water partition coefficient (Wildman–Crippen LogP) is 5.98. The van der Waals surface area contributed by atoms with Crippen molar-refractivity contribution in [2.45, 2.75) is 71.6 Å².